The van der Waals surface area contributed by atoms with Crippen molar-refractivity contribution in [3.05, 3.63) is 0 Å². The van der Waals surface area contributed by atoms with E-state index in [2.05, 4.69) is 5.32 Å². The van der Waals surface area contributed by atoms with Crippen LogP contribution in [0.25, 0.3) is 0 Å². The third-order valence-corrected chi connectivity index (χ3v) is 2.59. The Morgan fingerprint density at radius 2 is 2.33 bits per heavy atom. The Hall–Kier alpha value is -1.10. The Morgan fingerprint density at radius 1 is 1.60 bits per heavy atom. The third-order valence-electron chi connectivity index (χ3n) is 2.59. The molecule has 86 valence electrons. The van der Waals surface area contributed by atoms with Gasteiger partial charge in [-0.1, -0.05) is 6.92 Å². The standard InChI is InChI=1S/C10H17NO4/c1-2-7(10(13)14)6-11-9(12)8-4-3-5-15-8/h7-8H,2-6H2,1H3,(H,11,12)(H,13,14). The molecule has 0 aromatic rings. The highest BCUT2D eigenvalue weighted by molar-refractivity contribution is 5.81. The molecule has 15 heavy (non-hydrogen) atoms. The molecule has 1 heterocycles. The van der Waals surface area contributed by atoms with Crippen LogP contribution in [0, 0.1) is 5.92 Å². The number of rotatable bonds is 5. The average molecular weight is 215 g/mol. The summed E-state index contributed by atoms with van der Waals surface area (Å²) >= 11 is 0. The number of hydrogen-bond donors (Lipinski definition) is 2. The second kappa shape index (κ2) is 5.70. The number of carbonyl (C=O) groups is 2. The van der Waals surface area contributed by atoms with Gasteiger partial charge in [-0.05, 0) is 19.3 Å². The second-order valence-corrected chi connectivity index (χ2v) is 3.69. The fourth-order valence-electron chi connectivity index (χ4n) is 1.53. The molecule has 0 spiro atoms. The molecular weight excluding hydrogens is 198 g/mol. The van der Waals surface area contributed by atoms with E-state index in [0.29, 0.717) is 13.0 Å². The highest BCUT2D eigenvalue weighted by atomic mass is 16.5. The van der Waals surface area contributed by atoms with Crippen LogP contribution in [-0.2, 0) is 14.3 Å². The van der Waals surface area contributed by atoms with E-state index < -0.39 is 11.9 Å². The smallest absolute Gasteiger partial charge is 0.308 e. The van der Waals surface area contributed by atoms with Crippen LogP contribution in [0.15, 0.2) is 0 Å². The maximum Gasteiger partial charge on any atom is 0.308 e. The molecule has 1 fully saturated rings. The summed E-state index contributed by atoms with van der Waals surface area (Å²) in [5, 5.41) is 11.4. The van der Waals surface area contributed by atoms with Crippen molar-refractivity contribution < 1.29 is 19.4 Å². The highest BCUT2D eigenvalue weighted by Gasteiger charge is 2.24. The molecule has 0 saturated carbocycles. The van der Waals surface area contributed by atoms with Crippen molar-refractivity contribution in [3.8, 4) is 0 Å². The molecule has 0 aliphatic carbocycles. The number of ether oxygens (including phenoxy) is 1. The van der Waals surface area contributed by atoms with Crippen molar-refractivity contribution in [2.45, 2.75) is 32.3 Å². The molecule has 0 bridgehead atoms. The van der Waals surface area contributed by atoms with Crippen LogP contribution in [0.3, 0.4) is 0 Å². The minimum absolute atomic E-state index is 0.185. The van der Waals surface area contributed by atoms with Gasteiger partial charge in [0, 0.05) is 13.2 Å². The molecule has 0 aromatic heterocycles. The first-order chi connectivity index (χ1) is 7.15. The number of carbonyl (C=O) groups excluding carboxylic acids is 1. The molecule has 1 aliphatic heterocycles. The van der Waals surface area contributed by atoms with Crippen LogP contribution in [-0.4, -0.2) is 36.2 Å². The van der Waals surface area contributed by atoms with Crippen LogP contribution in [0.2, 0.25) is 0 Å². The Morgan fingerprint density at radius 3 is 2.80 bits per heavy atom. The molecule has 5 nitrogen and oxygen atoms in total. The Balaban J connectivity index is 2.28. The summed E-state index contributed by atoms with van der Waals surface area (Å²) in [7, 11) is 0. The number of amides is 1. The van der Waals surface area contributed by atoms with Gasteiger partial charge in [0.25, 0.3) is 0 Å². The molecular formula is C10H17NO4. The first-order valence-corrected chi connectivity index (χ1v) is 5.27. The van der Waals surface area contributed by atoms with E-state index in [-0.39, 0.29) is 18.6 Å². The van der Waals surface area contributed by atoms with E-state index in [0.717, 1.165) is 12.8 Å². The van der Waals surface area contributed by atoms with Crippen molar-refractivity contribution in [3.63, 3.8) is 0 Å². The molecule has 0 radical (unpaired) electrons. The maximum atomic E-state index is 11.5. The zero-order valence-electron chi connectivity index (χ0n) is 8.86. The summed E-state index contributed by atoms with van der Waals surface area (Å²) in [5.74, 6) is -1.56. The second-order valence-electron chi connectivity index (χ2n) is 3.69. The zero-order chi connectivity index (χ0) is 11.3. The lowest BCUT2D eigenvalue weighted by atomic mass is 10.1. The largest absolute Gasteiger partial charge is 0.481 e. The Labute approximate surface area is 88.8 Å². The zero-order valence-corrected chi connectivity index (χ0v) is 8.86. The monoisotopic (exact) mass is 215 g/mol. The van der Waals surface area contributed by atoms with E-state index in [1.807, 2.05) is 0 Å². The lowest BCUT2D eigenvalue weighted by Crippen LogP contribution is -2.38. The summed E-state index contributed by atoms with van der Waals surface area (Å²) < 4.78 is 5.18. The van der Waals surface area contributed by atoms with E-state index in [1.54, 1.807) is 6.92 Å². The Bertz CT molecular complexity index is 236. The minimum atomic E-state index is -0.870. The molecule has 5 heteroatoms. The number of nitrogens with one attached hydrogen (secondary N) is 1. The van der Waals surface area contributed by atoms with E-state index in [4.69, 9.17) is 9.84 Å². The lowest BCUT2D eigenvalue weighted by molar-refractivity contribution is -0.142. The van der Waals surface area contributed by atoms with Gasteiger partial charge < -0.3 is 15.2 Å². The van der Waals surface area contributed by atoms with Gasteiger partial charge in [0.05, 0.1) is 5.92 Å². The number of aliphatic carboxylic acids is 1. The topological polar surface area (TPSA) is 75.6 Å². The molecule has 1 aliphatic rings. The molecule has 0 aromatic carbocycles. The van der Waals surface area contributed by atoms with Crippen LogP contribution in [0.5, 0.6) is 0 Å². The Kier molecular flexibility index (Phi) is 4.55. The quantitative estimate of drug-likeness (QED) is 0.695. The van der Waals surface area contributed by atoms with Crippen LogP contribution in [0.1, 0.15) is 26.2 Å². The van der Waals surface area contributed by atoms with E-state index >= 15 is 0 Å². The van der Waals surface area contributed by atoms with E-state index in [9.17, 15) is 9.59 Å². The predicted molar refractivity (Wildman–Crippen MR) is 53.4 cm³/mol. The summed E-state index contributed by atoms with van der Waals surface area (Å²) in [5.41, 5.74) is 0. The molecule has 1 rings (SSSR count). The van der Waals surface area contributed by atoms with Crippen molar-refractivity contribution in [2.24, 2.45) is 5.92 Å². The van der Waals surface area contributed by atoms with E-state index in [1.165, 1.54) is 0 Å². The van der Waals surface area contributed by atoms with Crippen LogP contribution < -0.4 is 5.32 Å². The number of carboxylic acid groups (broad SMARTS) is 1. The minimum Gasteiger partial charge on any atom is -0.481 e. The summed E-state index contributed by atoms with van der Waals surface area (Å²) in [6.45, 7) is 2.59. The van der Waals surface area contributed by atoms with Gasteiger partial charge in [-0.3, -0.25) is 9.59 Å². The van der Waals surface area contributed by atoms with Gasteiger partial charge >= 0.3 is 5.97 Å². The van der Waals surface area contributed by atoms with Gasteiger partial charge in [-0.25, -0.2) is 0 Å². The summed E-state index contributed by atoms with van der Waals surface area (Å²) in [6.07, 6.45) is 1.77. The fraction of sp³-hybridized carbons (Fsp3) is 0.800. The maximum absolute atomic E-state index is 11.5. The molecule has 1 amide bonds. The molecule has 2 atom stereocenters. The van der Waals surface area contributed by atoms with Crippen molar-refractivity contribution in [1.29, 1.82) is 0 Å². The highest BCUT2D eigenvalue weighted by Crippen LogP contribution is 2.12. The van der Waals surface area contributed by atoms with Crippen LogP contribution in [0.4, 0.5) is 0 Å². The first-order valence-electron chi connectivity index (χ1n) is 5.27. The summed E-state index contributed by atoms with van der Waals surface area (Å²) in [4.78, 5) is 22.1. The van der Waals surface area contributed by atoms with Crippen molar-refractivity contribution in [2.75, 3.05) is 13.2 Å². The lowest BCUT2D eigenvalue weighted by Gasteiger charge is -2.13. The molecule has 2 N–H and O–H groups in total. The van der Waals surface area contributed by atoms with Gasteiger partial charge in [0.1, 0.15) is 6.10 Å². The van der Waals surface area contributed by atoms with Gasteiger partial charge in [-0.2, -0.15) is 0 Å². The molecule has 1 saturated heterocycles. The van der Waals surface area contributed by atoms with Gasteiger partial charge in [-0.15, -0.1) is 0 Å². The van der Waals surface area contributed by atoms with Crippen molar-refractivity contribution in [1.82, 2.24) is 5.32 Å². The number of hydrogen-bond acceptors (Lipinski definition) is 3. The third kappa shape index (κ3) is 3.51. The number of carboxylic acids is 1. The molecule has 2 unspecified atom stereocenters. The van der Waals surface area contributed by atoms with Crippen molar-refractivity contribution >= 4 is 11.9 Å². The fourth-order valence-corrected chi connectivity index (χ4v) is 1.53. The van der Waals surface area contributed by atoms with Gasteiger partial charge in [0.15, 0.2) is 0 Å². The SMILES string of the molecule is CCC(CNC(=O)C1CCCO1)C(=O)O. The van der Waals surface area contributed by atoms with Crippen LogP contribution >= 0.6 is 0 Å². The predicted octanol–water partition coefficient (Wildman–Crippen LogP) is 0.392. The van der Waals surface area contributed by atoms with Gasteiger partial charge in [0.2, 0.25) is 5.91 Å². The normalized spacial score (nSPS) is 22.3. The first kappa shape index (κ1) is 12.0. The summed E-state index contributed by atoms with van der Waals surface area (Å²) in [6, 6.07) is 0. The average Bonchev–Trinajstić information content (AvgIpc) is 2.70.